The Kier molecular flexibility index (Phi) is 5.06. The lowest BCUT2D eigenvalue weighted by molar-refractivity contribution is -0.139. The molecule has 0 saturated heterocycles. The van der Waals surface area contributed by atoms with Gasteiger partial charge in [0.1, 0.15) is 12.2 Å². The number of halogens is 3. The van der Waals surface area contributed by atoms with Gasteiger partial charge in [0, 0.05) is 47.3 Å². The van der Waals surface area contributed by atoms with Crippen molar-refractivity contribution in [2.24, 2.45) is 0 Å². The van der Waals surface area contributed by atoms with Crippen molar-refractivity contribution in [3.63, 3.8) is 0 Å². The molecule has 0 aromatic carbocycles. The van der Waals surface area contributed by atoms with Gasteiger partial charge >= 0.3 is 12.2 Å². The Morgan fingerprint density at radius 3 is 2.64 bits per heavy atom. The fourth-order valence-corrected chi connectivity index (χ4v) is 4.59. The van der Waals surface area contributed by atoms with E-state index in [0.29, 0.717) is 33.8 Å². The van der Waals surface area contributed by atoms with Crippen LogP contribution in [0.15, 0.2) is 49.1 Å². The van der Waals surface area contributed by atoms with Gasteiger partial charge in [-0.2, -0.15) is 23.3 Å². The molecule has 12 heteroatoms. The van der Waals surface area contributed by atoms with Gasteiger partial charge in [-0.25, -0.2) is 19.5 Å². The first-order valence-corrected chi connectivity index (χ1v) is 11.2. The van der Waals surface area contributed by atoms with Gasteiger partial charge < -0.3 is 14.0 Å². The van der Waals surface area contributed by atoms with Gasteiger partial charge in [-0.3, -0.25) is 0 Å². The summed E-state index contributed by atoms with van der Waals surface area (Å²) < 4.78 is 52.4. The van der Waals surface area contributed by atoms with E-state index < -0.39 is 12.7 Å². The molecule has 0 N–H and O–H groups in total. The molecule has 0 bridgehead atoms. The molecule has 1 aliphatic carbocycles. The molecule has 6 rings (SSSR count). The fraction of sp³-hybridized carbons (Fsp3) is 0.292. The Morgan fingerprint density at radius 2 is 1.86 bits per heavy atom. The number of methoxy groups -OCH3 is 2. The van der Waals surface area contributed by atoms with Crippen molar-refractivity contribution in [3.8, 4) is 23.1 Å². The molecular weight excluding hydrogens is 475 g/mol. The average molecular weight is 495 g/mol. The molecule has 1 saturated carbocycles. The molecule has 5 aromatic rings. The number of alkyl halides is 3. The number of fused-ring (bicyclic) bond motifs is 2. The van der Waals surface area contributed by atoms with Gasteiger partial charge in [-0.1, -0.05) is 0 Å². The van der Waals surface area contributed by atoms with Gasteiger partial charge in [0.05, 0.1) is 25.5 Å². The van der Waals surface area contributed by atoms with Crippen molar-refractivity contribution in [2.75, 3.05) is 14.2 Å². The second-order valence-corrected chi connectivity index (χ2v) is 8.62. The molecule has 36 heavy (non-hydrogen) atoms. The van der Waals surface area contributed by atoms with E-state index in [-0.39, 0.29) is 17.8 Å². The van der Waals surface area contributed by atoms with Crippen LogP contribution in [-0.4, -0.2) is 54.5 Å². The normalized spacial score (nSPS) is 17.6. The van der Waals surface area contributed by atoms with E-state index in [1.54, 1.807) is 29.2 Å². The van der Waals surface area contributed by atoms with Gasteiger partial charge in [0.15, 0.2) is 5.65 Å². The summed E-state index contributed by atoms with van der Waals surface area (Å²) in [7, 11) is 2.98. The molecular formula is C24H20F3N7O2. The lowest BCUT2D eigenvalue weighted by Gasteiger charge is -2.11. The molecule has 0 radical (unpaired) electrons. The Bertz CT molecular complexity index is 1590. The van der Waals surface area contributed by atoms with Crippen molar-refractivity contribution in [3.05, 3.63) is 60.3 Å². The molecule has 0 amide bonds. The number of rotatable bonds is 6. The smallest absolute Gasteiger partial charge is 0.406 e. The monoisotopic (exact) mass is 495 g/mol. The SMILES string of the molecule is COc1ncc(-c2cc([C@H]3C[C@@H]3c3ccc4ccn(CC(F)(F)F)c4n3)c3nccn3n2)c(OC)n1. The van der Waals surface area contributed by atoms with Crippen molar-refractivity contribution >= 4 is 16.7 Å². The molecule has 1 aliphatic rings. The van der Waals surface area contributed by atoms with E-state index in [0.717, 1.165) is 22.2 Å². The maximum absolute atomic E-state index is 13.0. The van der Waals surface area contributed by atoms with Gasteiger partial charge in [-0.15, -0.1) is 0 Å². The van der Waals surface area contributed by atoms with Crippen molar-refractivity contribution in [1.82, 2.24) is 34.1 Å². The molecule has 0 unspecified atom stereocenters. The van der Waals surface area contributed by atoms with Crippen LogP contribution < -0.4 is 9.47 Å². The zero-order valence-corrected chi connectivity index (χ0v) is 19.3. The Morgan fingerprint density at radius 1 is 1.00 bits per heavy atom. The Balaban J connectivity index is 1.37. The van der Waals surface area contributed by atoms with Crippen LogP contribution in [0.25, 0.3) is 27.9 Å². The molecule has 5 aromatic heterocycles. The van der Waals surface area contributed by atoms with Crippen molar-refractivity contribution in [2.45, 2.75) is 31.0 Å². The molecule has 5 heterocycles. The van der Waals surface area contributed by atoms with E-state index in [2.05, 4.69) is 25.0 Å². The second kappa shape index (κ2) is 8.18. The van der Waals surface area contributed by atoms with E-state index in [9.17, 15) is 13.2 Å². The Hall–Kier alpha value is -4.22. The van der Waals surface area contributed by atoms with E-state index in [4.69, 9.17) is 9.47 Å². The summed E-state index contributed by atoms with van der Waals surface area (Å²) in [6, 6.07) is 7.47. The molecule has 0 spiro atoms. The quantitative estimate of drug-likeness (QED) is 0.345. The maximum atomic E-state index is 13.0. The first-order valence-electron chi connectivity index (χ1n) is 11.2. The highest BCUT2D eigenvalue weighted by molar-refractivity contribution is 5.76. The Labute approximate surface area is 202 Å². The third-order valence-electron chi connectivity index (χ3n) is 6.32. The van der Waals surface area contributed by atoms with Crippen LogP contribution >= 0.6 is 0 Å². The zero-order valence-electron chi connectivity index (χ0n) is 19.3. The molecule has 184 valence electrons. The minimum atomic E-state index is -4.32. The first kappa shape index (κ1) is 22.3. The van der Waals surface area contributed by atoms with Crippen molar-refractivity contribution < 1.29 is 22.6 Å². The topological polar surface area (TPSA) is 92.2 Å². The summed E-state index contributed by atoms with van der Waals surface area (Å²) in [6.45, 7) is -1.07. The standard InChI is InChI=1S/C24H20F3N7O2/c1-35-22-17(11-29-23(31-22)36-2)19-10-16(21-28-6-8-34(21)32-19)14-9-15(14)18-4-3-13-5-7-33(20(13)30-18)12-24(25,26)27/h3-8,10-11,14-15H,9,12H2,1-2H3/t14-,15-/m0/s1. The van der Waals surface area contributed by atoms with Gasteiger partial charge in [-0.05, 0) is 36.6 Å². The van der Waals surface area contributed by atoms with Crippen LogP contribution in [0.2, 0.25) is 0 Å². The second-order valence-electron chi connectivity index (χ2n) is 8.62. The largest absolute Gasteiger partial charge is 0.480 e. The van der Waals surface area contributed by atoms with Crippen LogP contribution in [-0.2, 0) is 6.54 Å². The number of aromatic nitrogens is 7. The zero-order chi connectivity index (χ0) is 25.0. The van der Waals surface area contributed by atoms with Crippen LogP contribution in [0.3, 0.4) is 0 Å². The molecule has 0 aliphatic heterocycles. The lowest BCUT2D eigenvalue weighted by Crippen LogP contribution is -2.17. The highest BCUT2D eigenvalue weighted by atomic mass is 19.4. The van der Waals surface area contributed by atoms with Crippen LogP contribution in [0, 0.1) is 0 Å². The lowest BCUT2D eigenvalue weighted by atomic mass is 10.1. The average Bonchev–Trinajstić information content (AvgIpc) is 3.35. The first-order chi connectivity index (χ1) is 17.3. The van der Waals surface area contributed by atoms with E-state index >= 15 is 0 Å². The van der Waals surface area contributed by atoms with E-state index in [1.807, 2.05) is 18.2 Å². The highest BCUT2D eigenvalue weighted by Gasteiger charge is 2.43. The summed E-state index contributed by atoms with van der Waals surface area (Å²) in [4.78, 5) is 17.5. The van der Waals surface area contributed by atoms with Gasteiger partial charge in [0.2, 0.25) is 5.88 Å². The molecule has 1 fully saturated rings. The number of nitrogens with zero attached hydrogens (tertiary/aromatic N) is 7. The van der Waals surface area contributed by atoms with Crippen LogP contribution in [0.5, 0.6) is 11.9 Å². The molecule has 2 atom stereocenters. The highest BCUT2D eigenvalue weighted by Crippen LogP contribution is 2.55. The maximum Gasteiger partial charge on any atom is 0.406 e. The fourth-order valence-electron chi connectivity index (χ4n) is 4.59. The minimum absolute atomic E-state index is 0.0494. The number of ether oxygens (including phenoxy) is 2. The predicted molar refractivity (Wildman–Crippen MR) is 123 cm³/mol. The number of hydrogen-bond donors (Lipinski definition) is 0. The third-order valence-corrected chi connectivity index (χ3v) is 6.32. The number of hydrogen-bond acceptors (Lipinski definition) is 7. The summed E-state index contributed by atoms with van der Waals surface area (Å²) in [5.41, 5.74) is 3.95. The summed E-state index contributed by atoms with van der Waals surface area (Å²) in [5.74, 6) is 0.454. The number of imidazole rings is 1. The molecule has 9 nitrogen and oxygen atoms in total. The van der Waals surface area contributed by atoms with E-state index in [1.165, 1.54) is 20.4 Å². The summed E-state index contributed by atoms with van der Waals surface area (Å²) >= 11 is 0. The third kappa shape index (κ3) is 3.88. The van der Waals surface area contributed by atoms with Gasteiger partial charge in [0.25, 0.3) is 0 Å². The predicted octanol–water partition coefficient (Wildman–Crippen LogP) is 4.39. The number of pyridine rings is 1. The summed E-state index contributed by atoms with van der Waals surface area (Å²) in [6.07, 6.45) is 2.91. The van der Waals surface area contributed by atoms with Crippen molar-refractivity contribution in [1.29, 1.82) is 0 Å². The minimum Gasteiger partial charge on any atom is -0.480 e. The van der Waals surface area contributed by atoms with Crippen LogP contribution in [0.1, 0.15) is 29.5 Å². The van der Waals surface area contributed by atoms with Crippen LogP contribution in [0.4, 0.5) is 13.2 Å². The summed E-state index contributed by atoms with van der Waals surface area (Å²) in [5, 5.41) is 5.32.